The van der Waals surface area contributed by atoms with Crippen LogP contribution in [0.5, 0.6) is 0 Å². The number of benzene rings is 2. The van der Waals surface area contributed by atoms with Crippen LogP contribution in [0.3, 0.4) is 0 Å². The normalized spacial score (nSPS) is 21.8. The fourth-order valence-corrected chi connectivity index (χ4v) is 6.07. The standard InChI is InChI=1S/C29H33ClFN3O3/c1-21-17-32(18-22-4-9-26(31)10-5-22)14-15-33(21)27(35)11-7-23-6-8-25(30)16-24(23)19-34-28(36)37-20-29(34)12-2-3-13-29/h4-11,16,21H,2-3,12-15,17-20H2,1H3. The summed E-state index contributed by atoms with van der Waals surface area (Å²) in [6.45, 7) is 5.77. The van der Waals surface area contributed by atoms with Gasteiger partial charge in [-0.2, -0.15) is 0 Å². The van der Waals surface area contributed by atoms with Gasteiger partial charge < -0.3 is 9.64 Å². The van der Waals surface area contributed by atoms with Crippen LogP contribution in [0.25, 0.3) is 6.08 Å². The molecule has 0 aromatic heterocycles. The van der Waals surface area contributed by atoms with Gasteiger partial charge in [0.25, 0.3) is 0 Å². The maximum Gasteiger partial charge on any atom is 0.410 e. The van der Waals surface area contributed by atoms with Crippen LogP contribution in [-0.4, -0.2) is 64.5 Å². The number of halogens is 2. The fourth-order valence-electron chi connectivity index (χ4n) is 5.88. The summed E-state index contributed by atoms with van der Waals surface area (Å²) >= 11 is 6.32. The zero-order valence-electron chi connectivity index (χ0n) is 21.2. The second-order valence-electron chi connectivity index (χ2n) is 10.5. The number of cyclic esters (lactones) is 1. The van der Waals surface area contributed by atoms with Gasteiger partial charge in [-0.05, 0) is 66.8 Å². The zero-order chi connectivity index (χ0) is 26.0. The molecule has 37 heavy (non-hydrogen) atoms. The molecule has 196 valence electrons. The third kappa shape index (κ3) is 5.68. The lowest BCUT2D eigenvalue weighted by Gasteiger charge is -2.39. The van der Waals surface area contributed by atoms with E-state index in [4.69, 9.17) is 16.3 Å². The molecular formula is C29H33ClFN3O3. The molecule has 1 unspecified atom stereocenters. The lowest BCUT2D eigenvalue weighted by molar-refractivity contribution is -0.130. The van der Waals surface area contributed by atoms with E-state index in [0.717, 1.165) is 62.0 Å². The Kier molecular flexibility index (Phi) is 7.54. The van der Waals surface area contributed by atoms with Crippen molar-refractivity contribution in [2.75, 3.05) is 26.2 Å². The Bertz CT molecular complexity index is 1180. The number of nitrogens with zero attached hydrogens (tertiary/aromatic N) is 3. The fraction of sp³-hybridized carbons (Fsp3) is 0.448. The van der Waals surface area contributed by atoms with Crippen LogP contribution < -0.4 is 0 Å². The Morgan fingerprint density at radius 3 is 2.62 bits per heavy atom. The summed E-state index contributed by atoms with van der Waals surface area (Å²) in [7, 11) is 0. The lowest BCUT2D eigenvalue weighted by atomic mass is 9.96. The Labute approximate surface area is 222 Å². The monoisotopic (exact) mass is 525 g/mol. The first-order valence-corrected chi connectivity index (χ1v) is 13.4. The molecule has 0 N–H and O–H groups in total. The van der Waals surface area contributed by atoms with E-state index in [-0.39, 0.29) is 29.4 Å². The summed E-state index contributed by atoms with van der Waals surface area (Å²) in [6, 6.07) is 12.2. The van der Waals surface area contributed by atoms with Gasteiger partial charge in [0.1, 0.15) is 12.4 Å². The summed E-state index contributed by atoms with van der Waals surface area (Å²) in [5.74, 6) is -0.274. The molecule has 3 aliphatic rings. The van der Waals surface area contributed by atoms with Crippen molar-refractivity contribution >= 4 is 29.7 Å². The van der Waals surface area contributed by atoms with Crippen LogP contribution in [0.2, 0.25) is 5.02 Å². The molecule has 1 spiro atoms. The van der Waals surface area contributed by atoms with E-state index in [0.29, 0.717) is 24.7 Å². The Hall–Kier alpha value is -2.90. The number of hydrogen-bond acceptors (Lipinski definition) is 4. The van der Waals surface area contributed by atoms with Gasteiger partial charge in [-0.25, -0.2) is 9.18 Å². The van der Waals surface area contributed by atoms with Gasteiger partial charge in [-0.3, -0.25) is 14.6 Å². The van der Waals surface area contributed by atoms with E-state index < -0.39 is 0 Å². The van der Waals surface area contributed by atoms with Gasteiger partial charge in [-0.1, -0.05) is 42.6 Å². The number of carbonyl (C=O) groups is 2. The maximum absolute atomic E-state index is 13.2. The first kappa shape index (κ1) is 25.7. The summed E-state index contributed by atoms with van der Waals surface area (Å²) in [5, 5.41) is 0.595. The van der Waals surface area contributed by atoms with Gasteiger partial charge in [0.2, 0.25) is 5.91 Å². The molecule has 1 aliphatic carbocycles. The summed E-state index contributed by atoms with van der Waals surface area (Å²) < 4.78 is 18.6. The van der Waals surface area contributed by atoms with E-state index in [1.54, 1.807) is 24.3 Å². The SMILES string of the molecule is CC1CN(Cc2ccc(F)cc2)CCN1C(=O)C=Cc1ccc(Cl)cc1CN1C(=O)OCC12CCCC2. The topological polar surface area (TPSA) is 53.1 Å². The molecule has 1 atom stereocenters. The number of piperazine rings is 1. The first-order valence-electron chi connectivity index (χ1n) is 13.0. The highest BCUT2D eigenvalue weighted by Gasteiger charge is 2.48. The zero-order valence-corrected chi connectivity index (χ0v) is 21.9. The molecule has 1 saturated carbocycles. The number of hydrogen-bond donors (Lipinski definition) is 0. The third-order valence-corrected chi connectivity index (χ3v) is 8.18. The minimum atomic E-state index is -0.278. The van der Waals surface area contributed by atoms with E-state index >= 15 is 0 Å². The van der Waals surface area contributed by atoms with Crippen molar-refractivity contribution in [3.63, 3.8) is 0 Å². The van der Waals surface area contributed by atoms with Crippen LogP contribution in [0.1, 0.15) is 49.3 Å². The van der Waals surface area contributed by atoms with Crippen molar-refractivity contribution in [1.29, 1.82) is 0 Å². The minimum Gasteiger partial charge on any atom is -0.447 e. The van der Waals surface area contributed by atoms with Crippen molar-refractivity contribution in [3.8, 4) is 0 Å². The number of ether oxygens (including phenoxy) is 1. The molecule has 0 radical (unpaired) electrons. The van der Waals surface area contributed by atoms with Crippen LogP contribution >= 0.6 is 11.6 Å². The largest absolute Gasteiger partial charge is 0.447 e. The Balaban J connectivity index is 1.24. The predicted octanol–water partition coefficient (Wildman–Crippen LogP) is 5.49. The molecular weight excluding hydrogens is 493 g/mol. The molecule has 5 rings (SSSR count). The van der Waals surface area contributed by atoms with Crippen molar-refractivity contribution in [2.45, 2.75) is 57.3 Å². The highest BCUT2D eigenvalue weighted by atomic mass is 35.5. The van der Waals surface area contributed by atoms with E-state index in [2.05, 4.69) is 11.8 Å². The average Bonchev–Trinajstić information content (AvgIpc) is 3.47. The molecule has 2 amide bonds. The molecule has 2 aromatic carbocycles. The smallest absolute Gasteiger partial charge is 0.410 e. The van der Waals surface area contributed by atoms with Crippen molar-refractivity contribution < 1.29 is 18.7 Å². The quantitative estimate of drug-likeness (QED) is 0.468. The highest BCUT2D eigenvalue weighted by molar-refractivity contribution is 6.30. The van der Waals surface area contributed by atoms with E-state index in [1.807, 2.05) is 28.0 Å². The number of rotatable bonds is 6. The molecule has 0 bridgehead atoms. The first-order chi connectivity index (χ1) is 17.8. The van der Waals surface area contributed by atoms with Crippen LogP contribution in [-0.2, 0) is 22.6 Å². The van der Waals surface area contributed by atoms with Gasteiger partial charge in [0.05, 0.1) is 12.1 Å². The molecule has 8 heteroatoms. The Morgan fingerprint density at radius 2 is 1.89 bits per heavy atom. The molecule has 2 aromatic rings. The summed E-state index contributed by atoms with van der Waals surface area (Å²) in [4.78, 5) is 31.7. The van der Waals surface area contributed by atoms with Crippen molar-refractivity contribution in [3.05, 3.63) is 76.1 Å². The van der Waals surface area contributed by atoms with Crippen molar-refractivity contribution in [2.24, 2.45) is 0 Å². The Morgan fingerprint density at radius 1 is 1.14 bits per heavy atom. The average molecular weight is 526 g/mol. The third-order valence-electron chi connectivity index (χ3n) is 7.94. The second-order valence-corrected chi connectivity index (χ2v) is 10.9. The molecule has 2 heterocycles. The number of carbonyl (C=O) groups excluding carboxylic acids is 2. The van der Waals surface area contributed by atoms with Gasteiger partial charge in [0.15, 0.2) is 0 Å². The van der Waals surface area contributed by atoms with Crippen molar-refractivity contribution in [1.82, 2.24) is 14.7 Å². The number of amides is 2. The molecule has 2 aliphatic heterocycles. The van der Waals surface area contributed by atoms with Crippen LogP contribution in [0.15, 0.2) is 48.5 Å². The summed E-state index contributed by atoms with van der Waals surface area (Å²) in [5.41, 5.74) is 2.61. The minimum absolute atomic E-state index is 0.0392. The van der Waals surface area contributed by atoms with E-state index in [1.165, 1.54) is 12.1 Å². The summed E-state index contributed by atoms with van der Waals surface area (Å²) in [6.07, 6.45) is 7.27. The van der Waals surface area contributed by atoms with E-state index in [9.17, 15) is 14.0 Å². The molecule has 6 nitrogen and oxygen atoms in total. The maximum atomic E-state index is 13.2. The van der Waals surface area contributed by atoms with Gasteiger partial charge in [-0.15, -0.1) is 0 Å². The van der Waals surface area contributed by atoms with Crippen LogP contribution in [0.4, 0.5) is 9.18 Å². The molecule has 3 fully saturated rings. The predicted molar refractivity (Wildman–Crippen MR) is 141 cm³/mol. The second kappa shape index (κ2) is 10.8. The highest BCUT2D eigenvalue weighted by Crippen LogP contribution is 2.41. The lowest BCUT2D eigenvalue weighted by Crippen LogP contribution is -2.53. The van der Waals surface area contributed by atoms with Gasteiger partial charge in [0, 0.05) is 43.3 Å². The van der Waals surface area contributed by atoms with Gasteiger partial charge >= 0.3 is 6.09 Å². The molecule has 2 saturated heterocycles. The van der Waals surface area contributed by atoms with Crippen LogP contribution in [0, 0.1) is 5.82 Å².